The summed E-state index contributed by atoms with van der Waals surface area (Å²) >= 11 is 0. The minimum atomic E-state index is -1.35. The topological polar surface area (TPSA) is 78.4 Å². The fourth-order valence-corrected chi connectivity index (χ4v) is 3.43. The first-order valence-electron chi connectivity index (χ1n) is 7.10. The molecule has 22 heavy (non-hydrogen) atoms. The number of nitrogens with one attached hydrogen (secondary N) is 2. The number of hydrogen-bond acceptors (Lipinski definition) is 4. The molecule has 5 heteroatoms. The van der Waals surface area contributed by atoms with Crippen LogP contribution in [0, 0.1) is 0 Å². The number of benzene rings is 2. The molecule has 2 heterocycles. The molecule has 0 unspecified atom stereocenters. The number of anilines is 2. The van der Waals surface area contributed by atoms with Crippen molar-refractivity contribution >= 4 is 23.1 Å². The molecule has 0 fully saturated rings. The molecule has 0 saturated heterocycles. The molecule has 2 aromatic rings. The molecule has 0 radical (unpaired) electrons. The van der Waals surface area contributed by atoms with Crippen LogP contribution in [-0.2, 0) is 4.79 Å². The van der Waals surface area contributed by atoms with Crippen LogP contribution in [0.15, 0.2) is 48.5 Å². The van der Waals surface area contributed by atoms with E-state index in [4.69, 9.17) is 0 Å². The number of carbonyl (C=O) groups excluding carboxylic acids is 2. The molecule has 0 saturated carbocycles. The number of aliphatic hydroxyl groups is 1. The number of ketones is 1. The average Bonchev–Trinajstić information content (AvgIpc) is 3.02. The molecule has 2 atom stereocenters. The van der Waals surface area contributed by atoms with Gasteiger partial charge in [-0.3, -0.25) is 9.59 Å². The molecule has 3 N–H and O–H groups in total. The lowest BCUT2D eigenvalue weighted by Crippen LogP contribution is -2.52. The van der Waals surface area contributed by atoms with E-state index in [1.54, 1.807) is 24.3 Å². The summed E-state index contributed by atoms with van der Waals surface area (Å²) in [4.78, 5) is 25.4. The van der Waals surface area contributed by atoms with Gasteiger partial charge in [-0.25, -0.2) is 0 Å². The van der Waals surface area contributed by atoms with Crippen LogP contribution in [0.1, 0.15) is 21.8 Å². The molecule has 2 aliphatic rings. The van der Waals surface area contributed by atoms with E-state index in [2.05, 4.69) is 10.6 Å². The monoisotopic (exact) mass is 294 g/mol. The predicted molar refractivity (Wildman–Crippen MR) is 82.0 cm³/mol. The largest absolute Gasteiger partial charge is 0.393 e. The summed E-state index contributed by atoms with van der Waals surface area (Å²) in [7, 11) is 0. The van der Waals surface area contributed by atoms with Crippen molar-refractivity contribution in [2.75, 3.05) is 17.2 Å². The van der Waals surface area contributed by atoms with Crippen LogP contribution < -0.4 is 10.6 Å². The highest BCUT2D eigenvalue weighted by molar-refractivity contribution is 6.19. The van der Waals surface area contributed by atoms with Gasteiger partial charge in [0.2, 0.25) is 5.91 Å². The molecular weight excluding hydrogens is 280 g/mol. The molecule has 0 aromatic heterocycles. The molecule has 0 spiro atoms. The van der Waals surface area contributed by atoms with E-state index < -0.39 is 18.1 Å². The van der Waals surface area contributed by atoms with Crippen molar-refractivity contribution in [1.29, 1.82) is 0 Å². The SMILES string of the molecule is O=C1Nc2ccccc2[C@@H]1[C@@]1(CO)Nc2ccccc2C1=O. The summed E-state index contributed by atoms with van der Waals surface area (Å²) in [5.41, 5.74) is 1.24. The van der Waals surface area contributed by atoms with Gasteiger partial charge in [0.25, 0.3) is 0 Å². The maximum absolute atomic E-state index is 12.9. The molecule has 5 nitrogen and oxygen atoms in total. The maximum atomic E-state index is 12.9. The number of rotatable bonds is 2. The second-order valence-corrected chi connectivity index (χ2v) is 5.64. The molecule has 110 valence electrons. The third-order valence-electron chi connectivity index (χ3n) is 4.47. The van der Waals surface area contributed by atoms with Gasteiger partial charge in [-0.1, -0.05) is 30.3 Å². The summed E-state index contributed by atoms with van der Waals surface area (Å²) in [5, 5.41) is 15.9. The smallest absolute Gasteiger partial charge is 0.234 e. The van der Waals surface area contributed by atoms with Crippen LogP contribution in [0.4, 0.5) is 11.4 Å². The van der Waals surface area contributed by atoms with E-state index in [-0.39, 0.29) is 11.7 Å². The Balaban J connectivity index is 1.88. The minimum Gasteiger partial charge on any atom is -0.393 e. The number of amides is 1. The Kier molecular flexibility index (Phi) is 2.62. The number of carbonyl (C=O) groups is 2. The van der Waals surface area contributed by atoms with Crippen LogP contribution in [-0.4, -0.2) is 28.9 Å². The van der Waals surface area contributed by atoms with Crippen molar-refractivity contribution in [3.63, 3.8) is 0 Å². The van der Waals surface area contributed by atoms with E-state index in [0.717, 1.165) is 5.56 Å². The van der Waals surface area contributed by atoms with Crippen molar-refractivity contribution in [3.05, 3.63) is 59.7 Å². The average molecular weight is 294 g/mol. The zero-order chi connectivity index (χ0) is 15.3. The van der Waals surface area contributed by atoms with Gasteiger partial charge in [-0.2, -0.15) is 0 Å². The first kappa shape index (κ1) is 13.0. The van der Waals surface area contributed by atoms with E-state index in [9.17, 15) is 14.7 Å². The van der Waals surface area contributed by atoms with Crippen molar-refractivity contribution in [2.24, 2.45) is 0 Å². The fraction of sp³-hybridized carbons (Fsp3) is 0.176. The van der Waals surface area contributed by atoms with Crippen molar-refractivity contribution in [3.8, 4) is 0 Å². The minimum absolute atomic E-state index is 0.248. The fourth-order valence-electron chi connectivity index (χ4n) is 3.43. The van der Waals surface area contributed by atoms with E-state index in [0.29, 0.717) is 16.9 Å². The molecule has 0 aliphatic carbocycles. The van der Waals surface area contributed by atoms with E-state index >= 15 is 0 Å². The van der Waals surface area contributed by atoms with Gasteiger partial charge in [0.15, 0.2) is 5.78 Å². The second-order valence-electron chi connectivity index (χ2n) is 5.64. The maximum Gasteiger partial charge on any atom is 0.234 e. The van der Waals surface area contributed by atoms with Gasteiger partial charge < -0.3 is 15.7 Å². The lowest BCUT2D eigenvalue weighted by Gasteiger charge is -2.31. The van der Waals surface area contributed by atoms with Crippen LogP contribution in [0.5, 0.6) is 0 Å². The Bertz CT molecular complexity index is 802. The number of aliphatic hydroxyl groups excluding tert-OH is 1. The standard InChI is InChI=1S/C17H14N2O3/c20-9-17(15(21)11-6-2-4-8-13(11)19-17)14-10-5-1-3-7-12(10)18-16(14)22/h1-8,14,19-20H,9H2,(H,18,22)/t14-,17+/m0/s1. The van der Waals surface area contributed by atoms with Gasteiger partial charge in [0, 0.05) is 16.9 Å². The van der Waals surface area contributed by atoms with Gasteiger partial charge in [-0.05, 0) is 23.8 Å². The zero-order valence-electron chi connectivity index (χ0n) is 11.7. The van der Waals surface area contributed by atoms with Gasteiger partial charge >= 0.3 is 0 Å². The number of hydrogen-bond donors (Lipinski definition) is 3. The Labute approximate surface area is 127 Å². The number of para-hydroxylation sites is 2. The van der Waals surface area contributed by atoms with Crippen LogP contribution >= 0.6 is 0 Å². The number of fused-ring (bicyclic) bond motifs is 2. The highest BCUT2D eigenvalue weighted by Crippen LogP contribution is 2.46. The molecule has 0 bridgehead atoms. The van der Waals surface area contributed by atoms with Crippen LogP contribution in [0.3, 0.4) is 0 Å². The Morgan fingerprint density at radius 1 is 1.00 bits per heavy atom. The van der Waals surface area contributed by atoms with Crippen molar-refractivity contribution in [2.45, 2.75) is 11.5 Å². The first-order valence-corrected chi connectivity index (χ1v) is 7.10. The zero-order valence-corrected chi connectivity index (χ0v) is 11.7. The third kappa shape index (κ3) is 1.51. The highest BCUT2D eigenvalue weighted by atomic mass is 16.3. The van der Waals surface area contributed by atoms with Gasteiger partial charge in [0.05, 0.1) is 12.5 Å². The summed E-state index contributed by atoms with van der Waals surface area (Å²) in [6.07, 6.45) is 0. The quantitative estimate of drug-likeness (QED) is 0.788. The predicted octanol–water partition coefficient (Wildman–Crippen LogP) is 1.76. The first-order chi connectivity index (χ1) is 10.7. The molecular formula is C17H14N2O3. The van der Waals surface area contributed by atoms with Gasteiger partial charge in [-0.15, -0.1) is 0 Å². The lowest BCUT2D eigenvalue weighted by atomic mass is 9.77. The van der Waals surface area contributed by atoms with E-state index in [1.807, 2.05) is 24.3 Å². The molecule has 2 aliphatic heterocycles. The normalized spacial score (nSPS) is 25.4. The molecule has 2 aromatic carbocycles. The summed E-state index contributed by atoms with van der Waals surface area (Å²) in [6, 6.07) is 14.3. The summed E-state index contributed by atoms with van der Waals surface area (Å²) in [5.74, 6) is -1.28. The van der Waals surface area contributed by atoms with Crippen molar-refractivity contribution < 1.29 is 14.7 Å². The highest BCUT2D eigenvalue weighted by Gasteiger charge is 2.56. The van der Waals surface area contributed by atoms with Crippen LogP contribution in [0.25, 0.3) is 0 Å². The second kappa shape index (κ2) is 4.42. The molecule has 4 rings (SSSR count). The Morgan fingerprint density at radius 2 is 1.68 bits per heavy atom. The Morgan fingerprint density at radius 3 is 2.41 bits per heavy atom. The van der Waals surface area contributed by atoms with Crippen LogP contribution in [0.2, 0.25) is 0 Å². The Hall–Kier alpha value is -2.66. The third-order valence-corrected chi connectivity index (χ3v) is 4.47. The van der Waals surface area contributed by atoms with Gasteiger partial charge in [0.1, 0.15) is 5.54 Å². The lowest BCUT2D eigenvalue weighted by molar-refractivity contribution is -0.118. The summed E-state index contributed by atoms with van der Waals surface area (Å²) < 4.78 is 0. The molecule has 1 amide bonds. The van der Waals surface area contributed by atoms with E-state index in [1.165, 1.54) is 0 Å². The summed E-state index contributed by atoms with van der Waals surface area (Å²) in [6.45, 7) is -0.451. The van der Waals surface area contributed by atoms with Crippen molar-refractivity contribution in [1.82, 2.24) is 0 Å². The number of Topliss-reactive ketones (excluding diaryl/α,β-unsaturated/α-hetero) is 1.